The van der Waals surface area contributed by atoms with Crippen molar-refractivity contribution in [3.8, 4) is 0 Å². The van der Waals surface area contributed by atoms with Gasteiger partial charge in [0.1, 0.15) is 0 Å². The van der Waals surface area contributed by atoms with Gasteiger partial charge in [0.15, 0.2) is 0 Å². The molecule has 0 atom stereocenters. The Kier molecular flexibility index (Phi) is 0.383. The zero-order chi connectivity index (χ0) is 19.3. The molecule has 0 aliphatic rings. The fourth-order valence-corrected chi connectivity index (χ4v) is 0.193. The zero-order valence-electron chi connectivity index (χ0n) is 18.3. The van der Waals surface area contributed by atoms with Gasteiger partial charge >= 0.3 is 0 Å². The molecule has 0 saturated carbocycles. The number of hydrogen-bond acceptors (Lipinski definition) is 2. The summed E-state index contributed by atoms with van der Waals surface area (Å²) in [4.78, 5) is 11.0. The van der Waals surface area contributed by atoms with Gasteiger partial charge in [-0.1, -0.05) is 0 Å². The lowest BCUT2D eigenvalue weighted by atomic mass is 10.3. The molecule has 0 radical (unpaired) electrons. The zero-order valence-corrected chi connectivity index (χ0v) is 4.30. The van der Waals surface area contributed by atoms with Crippen LogP contribution in [0.4, 0.5) is 0 Å². The molecule has 0 aromatic rings. The number of rotatable bonds is 3. The Morgan fingerprint density at radius 1 is 1.44 bits per heavy atom. The van der Waals surface area contributed by atoms with Crippen LogP contribution in [0.2, 0.25) is 0 Å². The summed E-state index contributed by atoms with van der Waals surface area (Å²) in [5, 5.41) is 0.853. The van der Waals surface area contributed by atoms with E-state index in [2.05, 4.69) is 0 Å². The smallest absolute Gasteiger partial charge is 0.0543 e. The van der Waals surface area contributed by atoms with E-state index >= 15 is 0 Å². The molecule has 3 heteroatoms. The van der Waals surface area contributed by atoms with Crippen molar-refractivity contribution in [2.75, 3.05) is 0 Å². The average molecular weight is 144 g/mol. The van der Waals surface area contributed by atoms with Crippen molar-refractivity contribution < 1.29 is 19.2 Å². The van der Waals surface area contributed by atoms with Crippen LogP contribution in [0.3, 0.4) is 0 Å². The van der Waals surface area contributed by atoms with Gasteiger partial charge in [0, 0.05) is 28.5 Å². The lowest BCUT2D eigenvalue weighted by molar-refractivity contribution is 0.180. The van der Waals surface area contributed by atoms with Crippen molar-refractivity contribution in [1.82, 2.24) is 5.01 Å². The molecule has 3 nitrogen and oxygen atoms in total. The first-order valence-corrected chi connectivity index (χ1v) is 1.83. The van der Waals surface area contributed by atoms with Crippen LogP contribution in [-0.4, -0.2) is 17.0 Å². The Morgan fingerprint density at radius 2 is 1.89 bits per heavy atom. The summed E-state index contributed by atoms with van der Waals surface area (Å²) in [6, 6.07) is -8.13. The fourth-order valence-electron chi connectivity index (χ4n) is 0.193. The van der Waals surface area contributed by atoms with Crippen LogP contribution in [-0.2, 0) is 0 Å². The van der Waals surface area contributed by atoms with Crippen molar-refractivity contribution in [3.63, 3.8) is 0 Å². The maximum absolute atomic E-state index is 11.0. The molecule has 0 heterocycles. The Hall–Kier alpha value is -0.600. The van der Waals surface area contributed by atoms with Gasteiger partial charge in [0.05, 0.1) is 8.03 Å². The molecule has 0 rings (SSSR count). The van der Waals surface area contributed by atoms with Crippen LogP contribution in [0.5, 0.6) is 0 Å². The second-order valence-electron chi connectivity index (χ2n) is 1.09. The van der Waals surface area contributed by atoms with E-state index in [4.69, 9.17) is 19.2 Å². The maximum Gasteiger partial charge on any atom is 0.0543 e. The van der Waals surface area contributed by atoms with E-state index in [9.17, 15) is 4.91 Å². The third kappa shape index (κ3) is 2.44. The van der Waals surface area contributed by atoms with Gasteiger partial charge < -0.3 is 0 Å². The van der Waals surface area contributed by atoms with Crippen molar-refractivity contribution in [2.45, 2.75) is 39.4 Å². The minimum absolute atomic E-state index is 1.01. The second-order valence-corrected chi connectivity index (χ2v) is 1.09. The van der Waals surface area contributed by atoms with E-state index in [0.29, 0.717) is 0 Å². The van der Waals surface area contributed by atoms with Gasteiger partial charge in [-0.25, -0.2) is 0 Å². The Labute approximate surface area is 75.7 Å². The molecule has 0 bridgehead atoms. The lowest BCUT2D eigenvalue weighted by Crippen LogP contribution is -2.31. The number of hydrogen-bond donors (Lipinski definition) is 0. The van der Waals surface area contributed by atoms with E-state index in [1.165, 1.54) is 0 Å². The minimum atomic E-state index is -4.06. The second kappa shape index (κ2) is 3.43. The van der Waals surface area contributed by atoms with Gasteiger partial charge in [-0.2, -0.15) is 0 Å². The molecule has 54 valence electrons. The first-order valence-electron chi connectivity index (χ1n) is 8.83. The Bertz CT molecular complexity index is 376. The summed E-state index contributed by atoms with van der Waals surface area (Å²) >= 11 is 0. The molecule has 0 unspecified atom stereocenters. The molecule has 0 aromatic carbocycles. The summed E-state index contributed by atoms with van der Waals surface area (Å²) in [7, 11) is 0. The summed E-state index contributed by atoms with van der Waals surface area (Å²) in [5.41, 5.74) is 0. The van der Waals surface area contributed by atoms with E-state index in [0.717, 1.165) is 0 Å². The maximum atomic E-state index is 11.0. The van der Waals surface area contributed by atoms with Crippen LogP contribution in [0, 0.1) is 4.91 Å². The lowest BCUT2D eigenvalue weighted by Gasteiger charge is -2.22. The van der Waals surface area contributed by atoms with Crippen LogP contribution in [0.1, 0.15) is 46.6 Å². The van der Waals surface area contributed by atoms with Crippen LogP contribution in [0.15, 0.2) is 5.29 Å². The molecule has 0 aromatic heterocycles. The van der Waals surface area contributed by atoms with Crippen molar-refractivity contribution in [2.24, 2.45) is 5.29 Å². The normalized spacial score (nSPS) is 41.3. The van der Waals surface area contributed by atoms with Crippen LogP contribution in [0.25, 0.3) is 0 Å². The molecule has 0 amide bonds. The van der Waals surface area contributed by atoms with Gasteiger partial charge in [0.2, 0.25) is 0 Å². The van der Waals surface area contributed by atoms with E-state index in [1.807, 2.05) is 5.29 Å². The van der Waals surface area contributed by atoms with Crippen molar-refractivity contribution in [3.05, 3.63) is 4.91 Å². The third-order valence-corrected chi connectivity index (χ3v) is 0.505. The van der Waals surface area contributed by atoms with Gasteiger partial charge in [0.25, 0.3) is 0 Å². The van der Waals surface area contributed by atoms with Crippen molar-refractivity contribution in [1.29, 1.82) is 0 Å². The van der Waals surface area contributed by atoms with E-state index < -0.39 is 44.5 Å². The van der Waals surface area contributed by atoms with Gasteiger partial charge in [-0.3, -0.25) is 5.01 Å². The highest BCUT2D eigenvalue weighted by molar-refractivity contribution is 4.60. The summed E-state index contributed by atoms with van der Waals surface area (Å²) in [6.45, 7) is -15.5. The standard InChI is InChI=1S/C6H14N2O/c1-5(2)8(7-9)6(3)4/h5-6H,1-4H3/i1D3,2D3,3D3,4D3,5D,6D. The molecule has 0 fully saturated rings. The fraction of sp³-hybridized carbons (Fsp3) is 1.00. The third-order valence-electron chi connectivity index (χ3n) is 0.505. The Morgan fingerprint density at radius 3 is 2.11 bits per heavy atom. The SMILES string of the molecule is [2H]C([2H])([2H])C([2H])(N(N=O)C([2H])(C([2H])([2H])[2H])C([2H])([2H])[2H])C([2H])([2H])[2H]. The molecule has 0 N–H and O–H groups in total. The molecular weight excluding hydrogens is 116 g/mol. The first-order chi connectivity index (χ1) is 9.69. The quantitative estimate of drug-likeness (QED) is 0.447. The average Bonchev–Trinajstić information content (AvgIpc) is 2.22. The highest BCUT2D eigenvalue weighted by atomic mass is 16.3. The van der Waals surface area contributed by atoms with Crippen molar-refractivity contribution >= 4 is 0 Å². The monoisotopic (exact) mass is 144 g/mol. The number of nitrogens with zero attached hydrogens (tertiary/aromatic N) is 2. The molecule has 0 spiro atoms. The minimum Gasteiger partial charge on any atom is -0.256 e. The topological polar surface area (TPSA) is 32.7 Å². The largest absolute Gasteiger partial charge is 0.256 e. The summed E-state index contributed by atoms with van der Waals surface area (Å²) in [5.74, 6) is 0. The predicted molar refractivity (Wildman–Crippen MR) is 37.9 cm³/mol. The van der Waals surface area contributed by atoms with Gasteiger partial charge in [-0.05, 0) is 27.4 Å². The molecule has 0 saturated heterocycles. The van der Waals surface area contributed by atoms with Gasteiger partial charge in [-0.15, -0.1) is 4.91 Å². The molecule has 0 aliphatic carbocycles. The van der Waals surface area contributed by atoms with E-state index in [-0.39, 0.29) is 0 Å². The molecular formula is C6H14N2O. The van der Waals surface area contributed by atoms with Crippen LogP contribution >= 0.6 is 0 Å². The molecule has 0 aliphatic heterocycles. The predicted octanol–water partition coefficient (Wildman–Crippen LogP) is 1.79. The summed E-state index contributed by atoms with van der Waals surface area (Å²) in [6.07, 6.45) is 0. The summed E-state index contributed by atoms with van der Waals surface area (Å²) < 4.78 is 101. The molecule has 9 heavy (non-hydrogen) atoms. The Balaban J connectivity index is 6.83. The first kappa shape index (κ1) is 1.00. The highest BCUT2D eigenvalue weighted by Crippen LogP contribution is 2.03. The number of nitroso groups, excluding NO2 is 1. The van der Waals surface area contributed by atoms with E-state index in [1.54, 1.807) is 0 Å². The van der Waals surface area contributed by atoms with Crippen LogP contribution < -0.4 is 0 Å². The highest BCUT2D eigenvalue weighted by Gasteiger charge is 2.10.